The van der Waals surface area contributed by atoms with Crippen LogP contribution in [0.5, 0.6) is 5.75 Å². The first kappa shape index (κ1) is 14.6. The number of amides is 1. The molecule has 0 bridgehead atoms. The third-order valence-corrected chi connectivity index (χ3v) is 4.07. The van der Waals surface area contributed by atoms with Crippen molar-refractivity contribution in [2.45, 2.75) is 45.1 Å². The van der Waals surface area contributed by atoms with Crippen molar-refractivity contribution in [1.29, 1.82) is 0 Å². The van der Waals surface area contributed by atoms with Gasteiger partial charge in [0.2, 0.25) is 0 Å². The molecule has 6 heteroatoms. The van der Waals surface area contributed by atoms with E-state index in [-0.39, 0.29) is 23.5 Å². The summed E-state index contributed by atoms with van der Waals surface area (Å²) in [6, 6.07) is 3.37. The minimum absolute atomic E-state index is 0.0434. The minimum atomic E-state index is -0.273. The summed E-state index contributed by atoms with van der Waals surface area (Å²) < 4.78 is 1.96. The van der Waals surface area contributed by atoms with Gasteiger partial charge in [0.05, 0.1) is 17.5 Å². The van der Waals surface area contributed by atoms with Crippen LogP contribution in [0.3, 0.4) is 0 Å². The molecule has 0 radical (unpaired) electrons. The number of nitrogens with one attached hydrogen (secondary N) is 1. The van der Waals surface area contributed by atoms with Crippen molar-refractivity contribution < 1.29 is 9.90 Å². The van der Waals surface area contributed by atoms with Gasteiger partial charge in [0, 0.05) is 18.2 Å². The molecule has 1 saturated carbocycles. The van der Waals surface area contributed by atoms with Crippen molar-refractivity contribution in [1.82, 2.24) is 14.8 Å². The molecule has 22 heavy (non-hydrogen) atoms. The molecular formula is C16H20N4O2. The number of carbonyl (C=O) groups is 1. The fraction of sp³-hybridized carbons (Fsp3) is 0.438. The molecule has 3 rings (SSSR count). The fourth-order valence-electron chi connectivity index (χ4n) is 2.50. The molecule has 2 heterocycles. The van der Waals surface area contributed by atoms with Crippen LogP contribution in [-0.2, 0) is 0 Å². The van der Waals surface area contributed by atoms with Gasteiger partial charge in [-0.05, 0) is 38.3 Å². The Kier molecular flexibility index (Phi) is 3.83. The summed E-state index contributed by atoms with van der Waals surface area (Å²) in [5, 5.41) is 16.8. The van der Waals surface area contributed by atoms with Crippen LogP contribution in [0.2, 0.25) is 0 Å². The number of rotatable bonds is 5. The van der Waals surface area contributed by atoms with Crippen LogP contribution in [0, 0.1) is 0 Å². The molecule has 1 aliphatic carbocycles. The molecule has 2 N–H and O–H groups in total. The van der Waals surface area contributed by atoms with Gasteiger partial charge in [0.15, 0.2) is 11.6 Å². The van der Waals surface area contributed by atoms with E-state index in [0.29, 0.717) is 11.5 Å². The number of aromatic hydroxyl groups is 1. The Morgan fingerprint density at radius 2 is 2.32 bits per heavy atom. The zero-order valence-electron chi connectivity index (χ0n) is 12.8. The molecule has 1 fully saturated rings. The van der Waals surface area contributed by atoms with Crippen molar-refractivity contribution in [3.05, 3.63) is 35.8 Å². The van der Waals surface area contributed by atoms with Gasteiger partial charge in [-0.1, -0.05) is 6.92 Å². The largest absolute Gasteiger partial charge is 0.504 e. The van der Waals surface area contributed by atoms with Gasteiger partial charge in [-0.3, -0.25) is 9.48 Å². The van der Waals surface area contributed by atoms with E-state index >= 15 is 0 Å². The second-order valence-electron chi connectivity index (χ2n) is 5.74. The van der Waals surface area contributed by atoms with Gasteiger partial charge in [0.25, 0.3) is 5.91 Å². The van der Waals surface area contributed by atoms with E-state index in [2.05, 4.69) is 29.2 Å². The lowest BCUT2D eigenvalue weighted by molar-refractivity contribution is 0.102. The predicted octanol–water partition coefficient (Wildman–Crippen LogP) is 3.08. The summed E-state index contributed by atoms with van der Waals surface area (Å²) in [4.78, 5) is 16.5. The summed E-state index contributed by atoms with van der Waals surface area (Å²) >= 11 is 0. The summed E-state index contributed by atoms with van der Waals surface area (Å²) in [6.45, 7) is 4.21. The van der Waals surface area contributed by atoms with E-state index in [9.17, 15) is 9.90 Å². The second-order valence-corrected chi connectivity index (χ2v) is 5.74. The van der Waals surface area contributed by atoms with Crippen molar-refractivity contribution >= 4 is 11.7 Å². The Morgan fingerprint density at radius 1 is 1.55 bits per heavy atom. The number of anilines is 1. The van der Waals surface area contributed by atoms with Gasteiger partial charge in [-0.15, -0.1) is 0 Å². The summed E-state index contributed by atoms with van der Waals surface area (Å²) in [6.07, 6.45) is 6.30. The van der Waals surface area contributed by atoms with Crippen LogP contribution in [0.25, 0.3) is 0 Å². The van der Waals surface area contributed by atoms with Crippen LogP contribution in [0.1, 0.15) is 61.1 Å². The first-order chi connectivity index (χ1) is 10.6. The number of hydrogen-bond acceptors (Lipinski definition) is 4. The molecule has 0 aromatic carbocycles. The third kappa shape index (κ3) is 2.68. The summed E-state index contributed by atoms with van der Waals surface area (Å²) in [5.74, 6) is 0.267. The third-order valence-electron chi connectivity index (χ3n) is 4.07. The Morgan fingerprint density at radius 3 is 2.95 bits per heavy atom. The number of aromatic nitrogens is 3. The molecule has 0 saturated heterocycles. The number of hydrogen-bond donors (Lipinski definition) is 2. The molecule has 2 aromatic heterocycles. The van der Waals surface area contributed by atoms with E-state index in [1.807, 2.05) is 4.68 Å². The highest BCUT2D eigenvalue weighted by Gasteiger charge is 2.33. The van der Waals surface area contributed by atoms with E-state index in [1.165, 1.54) is 12.3 Å². The molecule has 0 spiro atoms. The second kappa shape index (κ2) is 5.79. The maximum absolute atomic E-state index is 12.5. The Labute approximate surface area is 129 Å². The van der Waals surface area contributed by atoms with Gasteiger partial charge in [-0.25, -0.2) is 4.98 Å². The van der Waals surface area contributed by atoms with Gasteiger partial charge in [-0.2, -0.15) is 5.10 Å². The maximum atomic E-state index is 12.5. The topological polar surface area (TPSA) is 80.0 Å². The van der Waals surface area contributed by atoms with Gasteiger partial charge in [0.1, 0.15) is 0 Å². The first-order valence-corrected chi connectivity index (χ1v) is 7.64. The average Bonchev–Trinajstić information content (AvgIpc) is 3.26. The highest BCUT2D eigenvalue weighted by Crippen LogP contribution is 2.42. The lowest BCUT2D eigenvalue weighted by Gasteiger charge is -2.14. The van der Waals surface area contributed by atoms with Crippen molar-refractivity contribution in [3.63, 3.8) is 0 Å². The Bertz CT molecular complexity index is 691. The fourth-order valence-corrected chi connectivity index (χ4v) is 2.50. The number of pyridine rings is 1. The van der Waals surface area contributed by atoms with E-state index < -0.39 is 0 Å². The quantitative estimate of drug-likeness (QED) is 0.889. The van der Waals surface area contributed by atoms with E-state index in [4.69, 9.17) is 0 Å². The zero-order chi connectivity index (χ0) is 15.7. The Balaban J connectivity index is 1.90. The van der Waals surface area contributed by atoms with Crippen LogP contribution in [-0.4, -0.2) is 25.8 Å². The standard InChI is InChI=1S/C16H20N4O2/c1-3-10(2)20-14(11-6-7-11)12(9-18-20)16(22)19-15-13(21)5-4-8-17-15/h4-5,8-11,21H,3,6-7H2,1-2H3,(H,17,19,22)/t10-/m0/s1. The van der Waals surface area contributed by atoms with Crippen molar-refractivity contribution in [3.8, 4) is 5.75 Å². The normalized spacial score (nSPS) is 15.5. The number of nitrogens with zero attached hydrogens (tertiary/aromatic N) is 3. The van der Waals surface area contributed by atoms with Crippen molar-refractivity contribution in [2.24, 2.45) is 0 Å². The number of carbonyl (C=O) groups excluding carboxylic acids is 1. The molecule has 1 atom stereocenters. The molecular weight excluding hydrogens is 280 g/mol. The van der Waals surface area contributed by atoms with Crippen molar-refractivity contribution in [2.75, 3.05) is 5.32 Å². The van der Waals surface area contributed by atoms with Crippen LogP contribution >= 0.6 is 0 Å². The minimum Gasteiger partial charge on any atom is -0.504 e. The predicted molar refractivity (Wildman–Crippen MR) is 83.1 cm³/mol. The monoisotopic (exact) mass is 300 g/mol. The molecule has 0 aliphatic heterocycles. The van der Waals surface area contributed by atoms with Crippen LogP contribution in [0.15, 0.2) is 24.5 Å². The Hall–Kier alpha value is -2.37. The maximum Gasteiger partial charge on any atom is 0.260 e. The van der Waals surface area contributed by atoms with E-state index in [0.717, 1.165) is 25.0 Å². The molecule has 0 unspecified atom stereocenters. The molecule has 1 aliphatic rings. The lowest BCUT2D eigenvalue weighted by atomic mass is 10.1. The first-order valence-electron chi connectivity index (χ1n) is 7.64. The molecule has 6 nitrogen and oxygen atoms in total. The van der Waals surface area contributed by atoms with Crippen LogP contribution in [0.4, 0.5) is 5.82 Å². The SMILES string of the molecule is CC[C@H](C)n1ncc(C(=O)Nc2ncccc2O)c1C1CC1. The van der Waals surface area contributed by atoms with Crippen LogP contribution < -0.4 is 5.32 Å². The highest BCUT2D eigenvalue weighted by atomic mass is 16.3. The summed E-state index contributed by atoms with van der Waals surface area (Å²) in [7, 11) is 0. The summed E-state index contributed by atoms with van der Waals surface area (Å²) in [5.41, 5.74) is 1.58. The average molecular weight is 300 g/mol. The van der Waals surface area contributed by atoms with Gasteiger partial charge >= 0.3 is 0 Å². The zero-order valence-corrected chi connectivity index (χ0v) is 12.8. The molecule has 1 amide bonds. The molecule has 2 aromatic rings. The van der Waals surface area contributed by atoms with E-state index in [1.54, 1.807) is 12.3 Å². The molecule has 116 valence electrons. The smallest absolute Gasteiger partial charge is 0.260 e. The van der Waals surface area contributed by atoms with Gasteiger partial charge < -0.3 is 10.4 Å². The highest BCUT2D eigenvalue weighted by molar-refractivity contribution is 6.05. The lowest BCUT2D eigenvalue weighted by Crippen LogP contribution is -2.16.